The molecule has 5 nitrogen and oxygen atoms in total. The van der Waals surface area contributed by atoms with E-state index in [-0.39, 0.29) is 11.9 Å². The van der Waals surface area contributed by atoms with Crippen molar-refractivity contribution in [3.63, 3.8) is 0 Å². The number of hydrogen-bond acceptors (Lipinski definition) is 3. The molecule has 1 saturated carbocycles. The summed E-state index contributed by atoms with van der Waals surface area (Å²) in [5.41, 5.74) is -0.501. The summed E-state index contributed by atoms with van der Waals surface area (Å²) in [5.74, 6) is -0.719. The van der Waals surface area contributed by atoms with Gasteiger partial charge >= 0.3 is 5.97 Å². The molecule has 1 fully saturated rings. The number of aliphatic carboxylic acids is 1. The van der Waals surface area contributed by atoms with E-state index in [4.69, 9.17) is 4.74 Å². The Morgan fingerprint density at radius 1 is 1.48 bits per heavy atom. The normalized spacial score (nSPS) is 24.6. The van der Waals surface area contributed by atoms with Crippen molar-refractivity contribution in [3.05, 3.63) is 28.2 Å². The van der Waals surface area contributed by atoms with Gasteiger partial charge in [-0.1, -0.05) is 22.4 Å². The van der Waals surface area contributed by atoms with E-state index in [2.05, 4.69) is 21.2 Å². The molecule has 0 bridgehead atoms. The van der Waals surface area contributed by atoms with E-state index in [1.807, 2.05) is 0 Å². The first-order chi connectivity index (χ1) is 9.88. The summed E-state index contributed by atoms with van der Waals surface area (Å²) >= 11 is 3.32. The molecule has 0 aliphatic heterocycles. The van der Waals surface area contributed by atoms with E-state index in [9.17, 15) is 14.7 Å². The monoisotopic (exact) mass is 355 g/mol. The van der Waals surface area contributed by atoms with Crippen LogP contribution < -0.4 is 10.1 Å². The molecule has 114 valence electrons. The zero-order valence-electron chi connectivity index (χ0n) is 12.0. The molecule has 0 aromatic heterocycles. The van der Waals surface area contributed by atoms with Crippen molar-refractivity contribution in [3.8, 4) is 5.75 Å². The first-order valence-electron chi connectivity index (χ1n) is 6.76. The maximum atomic E-state index is 12.4. The topological polar surface area (TPSA) is 75.6 Å². The first-order valence-corrected chi connectivity index (χ1v) is 7.55. The summed E-state index contributed by atoms with van der Waals surface area (Å²) in [5, 5.41) is 12.2. The minimum Gasteiger partial charge on any atom is -0.496 e. The molecular weight excluding hydrogens is 338 g/mol. The van der Waals surface area contributed by atoms with Crippen molar-refractivity contribution in [2.75, 3.05) is 7.11 Å². The quantitative estimate of drug-likeness (QED) is 0.870. The summed E-state index contributed by atoms with van der Waals surface area (Å²) in [6.45, 7) is 1.69. The Bertz CT molecular complexity index is 575. The third-order valence-electron chi connectivity index (χ3n) is 4.16. The highest BCUT2D eigenvalue weighted by atomic mass is 79.9. The van der Waals surface area contributed by atoms with Gasteiger partial charge in [0.25, 0.3) is 5.91 Å². The highest BCUT2D eigenvalue weighted by molar-refractivity contribution is 9.10. The lowest BCUT2D eigenvalue weighted by Crippen LogP contribution is -2.47. The van der Waals surface area contributed by atoms with Crippen LogP contribution in [0.4, 0.5) is 0 Å². The predicted molar refractivity (Wildman–Crippen MR) is 81.5 cm³/mol. The molecule has 2 unspecified atom stereocenters. The van der Waals surface area contributed by atoms with E-state index in [1.54, 1.807) is 25.1 Å². The Balaban J connectivity index is 2.20. The fourth-order valence-electron chi connectivity index (χ4n) is 2.74. The van der Waals surface area contributed by atoms with Crippen molar-refractivity contribution in [1.82, 2.24) is 5.32 Å². The minimum atomic E-state index is -0.905. The van der Waals surface area contributed by atoms with E-state index < -0.39 is 11.4 Å². The van der Waals surface area contributed by atoms with Crippen molar-refractivity contribution < 1.29 is 19.4 Å². The number of carbonyl (C=O) groups excluding carboxylic acids is 1. The van der Waals surface area contributed by atoms with Crippen LogP contribution in [0.3, 0.4) is 0 Å². The first kappa shape index (κ1) is 15.8. The van der Waals surface area contributed by atoms with Gasteiger partial charge in [0.1, 0.15) is 5.75 Å². The van der Waals surface area contributed by atoms with Crippen molar-refractivity contribution in [2.24, 2.45) is 5.41 Å². The fraction of sp³-hybridized carbons (Fsp3) is 0.467. The van der Waals surface area contributed by atoms with Gasteiger partial charge in [-0.05, 0) is 38.0 Å². The van der Waals surface area contributed by atoms with Crippen LogP contribution in [0.15, 0.2) is 22.7 Å². The van der Waals surface area contributed by atoms with E-state index in [1.165, 1.54) is 7.11 Å². The number of ether oxygens (including phenoxy) is 1. The van der Waals surface area contributed by atoms with E-state index in [0.717, 1.165) is 10.9 Å². The Morgan fingerprint density at radius 3 is 2.81 bits per heavy atom. The Kier molecular flexibility index (Phi) is 4.56. The highest BCUT2D eigenvalue weighted by Crippen LogP contribution is 2.38. The molecule has 0 radical (unpaired) electrons. The smallest absolute Gasteiger partial charge is 0.311 e. The van der Waals surface area contributed by atoms with Crippen LogP contribution in [0.2, 0.25) is 0 Å². The second-order valence-corrected chi connectivity index (χ2v) is 6.40. The number of halogens is 1. The number of carboxylic acid groups (broad SMARTS) is 1. The molecule has 21 heavy (non-hydrogen) atoms. The molecule has 6 heteroatoms. The average molecular weight is 356 g/mol. The zero-order valence-corrected chi connectivity index (χ0v) is 13.6. The number of amides is 1. The second-order valence-electron chi connectivity index (χ2n) is 5.49. The Hall–Kier alpha value is -1.56. The summed E-state index contributed by atoms with van der Waals surface area (Å²) < 4.78 is 6.02. The lowest BCUT2D eigenvalue weighted by atomic mass is 9.85. The van der Waals surface area contributed by atoms with Crippen LogP contribution in [0.25, 0.3) is 0 Å². The summed E-state index contributed by atoms with van der Waals surface area (Å²) in [6.07, 6.45) is 2.04. The van der Waals surface area contributed by atoms with Crippen molar-refractivity contribution in [1.29, 1.82) is 0 Å². The van der Waals surface area contributed by atoms with Crippen LogP contribution in [-0.4, -0.2) is 30.1 Å². The summed E-state index contributed by atoms with van der Waals surface area (Å²) in [6, 6.07) is 4.75. The number of nitrogens with one attached hydrogen (secondary N) is 1. The molecule has 2 N–H and O–H groups in total. The number of methoxy groups -OCH3 is 1. The lowest BCUT2D eigenvalue weighted by Gasteiger charge is -2.27. The maximum absolute atomic E-state index is 12.4. The van der Waals surface area contributed by atoms with Gasteiger partial charge in [0.2, 0.25) is 0 Å². The number of benzene rings is 1. The maximum Gasteiger partial charge on any atom is 0.311 e. The zero-order chi connectivity index (χ0) is 15.6. The summed E-state index contributed by atoms with van der Waals surface area (Å²) in [7, 11) is 1.50. The fourth-order valence-corrected chi connectivity index (χ4v) is 3.08. The van der Waals surface area contributed by atoms with Gasteiger partial charge in [-0.15, -0.1) is 0 Å². The molecule has 0 spiro atoms. The molecule has 0 saturated heterocycles. The van der Waals surface area contributed by atoms with Crippen LogP contribution in [0.5, 0.6) is 5.75 Å². The molecule has 1 amide bonds. The van der Waals surface area contributed by atoms with Crippen LogP contribution in [-0.2, 0) is 4.79 Å². The van der Waals surface area contributed by atoms with Gasteiger partial charge in [-0.2, -0.15) is 0 Å². The largest absolute Gasteiger partial charge is 0.496 e. The van der Waals surface area contributed by atoms with Gasteiger partial charge < -0.3 is 15.2 Å². The third kappa shape index (κ3) is 3.05. The van der Waals surface area contributed by atoms with Crippen molar-refractivity contribution >= 4 is 27.8 Å². The number of hydrogen-bond donors (Lipinski definition) is 2. The van der Waals surface area contributed by atoms with E-state index >= 15 is 0 Å². The Labute approximate surface area is 131 Å². The molecule has 1 aliphatic rings. The van der Waals surface area contributed by atoms with Crippen LogP contribution in [0, 0.1) is 5.41 Å². The molecular formula is C15H18BrNO4. The third-order valence-corrected chi connectivity index (χ3v) is 4.65. The van der Waals surface area contributed by atoms with Gasteiger partial charge in [0, 0.05) is 10.5 Å². The van der Waals surface area contributed by atoms with Gasteiger partial charge in [-0.3, -0.25) is 9.59 Å². The average Bonchev–Trinajstić information content (AvgIpc) is 2.81. The number of rotatable bonds is 4. The van der Waals surface area contributed by atoms with Gasteiger partial charge in [0.05, 0.1) is 18.1 Å². The van der Waals surface area contributed by atoms with E-state index in [0.29, 0.717) is 24.2 Å². The minimum absolute atomic E-state index is 0.307. The molecule has 1 aliphatic carbocycles. The molecule has 2 atom stereocenters. The predicted octanol–water partition coefficient (Wildman–Crippen LogP) is 2.83. The molecule has 1 aromatic rings. The van der Waals surface area contributed by atoms with Gasteiger partial charge in [0.15, 0.2) is 0 Å². The molecule has 0 heterocycles. The second kappa shape index (κ2) is 6.05. The Morgan fingerprint density at radius 2 is 2.19 bits per heavy atom. The number of carboxylic acids is 1. The van der Waals surface area contributed by atoms with Gasteiger partial charge in [-0.25, -0.2) is 0 Å². The lowest BCUT2D eigenvalue weighted by molar-refractivity contribution is -0.148. The SMILES string of the molecule is COc1cc(Br)ccc1C(=O)NC1CCCC1(C)C(=O)O. The highest BCUT2D eigenvalue weighted by Gasteiger charge is 2.46. The molecule has 1 aromatic carbocycles. The summed E-state index contributed by atoms with van der Waals surface area (Å²) in [4.78, 5) is 23.8. The molecule has 2 rings (SSSR count). The number of carbonyl (C=O) groups is 2. The van der Waals surface area contributed by atoms with Crippen molar-refractivity contribution in [2.45, 2.75) is 32.2 Å². The van der Waals surface area contributed by atoms with Crippen LogP contribution in [0.1, 0.15) is 36.5 Å². The standard InChI is InChI=1S/C15H18BrNO4/c1-15(14(19)20)7-3-4-12(15)17-13(18)10-6-5-9(16)8-11(10)21-2/h5-6,8,12H,3-4,7H2,1-2H3,(H,17,18)(H,19,20). The van der Waals surface area contributed by atoms with Crippen LogP contribution >= 0.6 is 15.9 Å².